The van der Waals surface area contributed by atoms with Gasteiger partial charge in [0.25, 0.3) is 0 Å². The van der Waals surface area contributed by atoms with Crippen molar-refractivity contribution >= 4 is 12.1 Å². The molecule has 2 aromatic rings. The summed E-state index contributed by atoms with van der Waals surface area (Å²) in [6.45, 7) is 0.585. The van der Waals surface area contributed by atoms with Gasteiger partial charge in [-0.1, -0.05) is 30.3 Å². The molecule has 0 aliphatic carbocycles. The van der Waals surface area contributed by atoms with Crippen LogP contribution in [-0.4, -0.2) is 37.3 Å². The first-order valence-corrected chi connectivity index (χ1v) is 7.30. The monoisotopic (exact) mass is 330 g/mol. The highest BCUT2D eigenvalue weighted by atomic mass is 16.5. The van der Waals surface area contributed by atoms with Gasteiger partial charge in [-0.3, -0.25) is 4.98 Å². The molecule has 2 rings (SSSR count). The molecule has 1 heterocycles. The fourth-order valence-electron chi connectivity index (χ4n) is 1.86. The minimum atomic E-state index is -0.540. The molecule has 0 bridgehead atoms. The van der Waals surface area contributed by atoms with Gasteiger partial charge in [0.15, 0.2) is 5.75 Å². The normalized spacial score (nSPS) is 9.88. The molecule has 7 nitrogen and oxygen atoms in total. The standard InChI is InChI=1S/C17H18N2O5/c1-22-16(20)14-7-8-18-11-15(14)23-10-9-19-17(21)24-12-13-5-3-2-4-6-13/h2-8,11H,9-10,12H2,1H3,(H,19,21). The molecule has 0 aliphatic heterocycles. The van der Waals surface area contributed by atoms with E-state index in [0.717, 1.165) is 5.56 Å². The van der Waals surface area contributed by atoms with E-state index in [1.54, 1.807) is 0 Å². The Morgan fingerprint density at radius 2 is 1.96 bits per heavy atom. The number of ether oxygens (including phenoxy) is 3. The molecule has 0 unspecified atom stereocenters. The van der Waals surface area contributed by atoms with Crippen molar-refractivity contribution in [3.8, 4) is 5.75 Å². The number of amides is 1. The molecule has 0 saturated carbocycles. The summed E-state index contributed by atoms with van der Waals surface area (Å²) in [4.78, 5) is 27.0. The molecule has 0 fully saturated rings. The highest BCUT2D eigenvalue weighted by Crippen LogP contribution is 2.16. The Balaban J connectivity index is 1.71. The predicted octanol–water partition coefficient (Wildman–Crippen LogP) is 2.17. The summed E-state index contributed by atoms with van der Waals surface area (Å²) in [6.07, 6.45) is 2.35. The number of esters is 1. The van der Waals surface area contributed by atoms with E-state index in [1.165, 1.54) is 25.6 Å². The summed E-state index contributed by atoms with van der Waals surface area (Å²) in [5.74, 6) is -0.216. The lowest BCUT2D eigenvalue weighted by Gasteiger charge is -2.10. The second-order valence-corrected chi connectivity index (χ2v) is 4.70. The minimum absolute atomic E-state index is 0.163. The lowest BCUT2D eigenvalue weighted by Crippen LogP contribution is -2.28. The van der Waals surface area contributed by atoms with Crippen LogP contribution in [-0.2, 0) is 16.1 Å². The quantitative estimate of drug-likeness (QED) is 0.618. The lowest BCUT2D eigenvalue weighted by atomic mass is 10.2. The van der Waals surface area contributed by atoms with E-state index in [1.807, 2.05) is 30.3 Å². The molecule has 1 amide bonds. The largest absolute Gasteiger partial charge is 0.489 e. The first kappa shape index (κ1) is 17.3. The van der Waals surface area contributed by atoms with Crippen molar-refractivity contribution in [1.29, 1.82) is 0 Å². The van der Waals surface area contributed by atoms with Crippen molar-refractivity contribution in [3.63, 3.8) is 0 Å². The molecular weight excluding hydrogens is 312 g/mol. The summed E-state index contributed by atoms with van der Waals surface area (Å²) >= 11 is 0. The van der Waals surface area contributed by atoms with Crippen LogP contribution in [0.3, 0.4) is 0 Å². The minimum Gasteiger partial charge on any atom is -0.489 e. The zero-order chi connectivity index (χ0) is 17.2. The number of pyridine rings is 1. The number of nitrogens with zero attached hydrogens (tertiary/aromatic N) is 1. The van der Waals surface area contributed by atoms with Crippen LogP contribution in [0.4, 0.5) is 4.79 Å². The fraction of sp³-hybridized carbons (Fsp3) is 0.235. The van der Waals surface area contributed by atoms with Gasteiger partial charge in [0.2, 0.25) is 0 Å². The van der Waals surface area contributed by atoms with Crippen LogP contribution < -0.4 is 10.1 Å². The highest BCUT2D eigenvalue weighted by molar-refractivity contribution is 5.92. The van der Waals surface area contributed by atoms with Crippen molar-refractivity contribution < 1.29 is 23.8 Å². The Hall–Kier alpha value is -3.09. The molecule has 0 spiro atoms. The third-order valence-electron chi connectivity index (χ3n) is 3.03. The van der Waals surface area contributed by atoms with E-state index in [-0.39, 0.29) is 25.3 Å². The SMILES string of the molecule is COC(=O)c1ccncc1OCCNC(=O)OCc1ccccc1. The third-order valence-corrected chi connectivity index (χ3v) is 3.03. The zero-order valence-electron chi connectivity index (χ0n) is 13.2. The predicted molar refractivity (Wildman–Crippen MR) is 85.7 cm³/mol. The average molecular weight is 330 g/mol. The molecular formula is C17H18N2O5. The molecule has 0 aliphatic rings. The Morgan fingerprint density at radius 1 is 1.17 bits per heavy atom. The van der Waals surface area contributed by atoms with Gasteiger partial charge in [0, 0.05) is 6.20 Å². The summed E-state index contributed by atoms with van der Waals surface area (Å²) < 4.78 is 15.2. The second-order valence-electron chi connectivity index (χ2n) is 4.70. The van der Waals surface area contributed by atoms with Gasteiger partial charge in [-0.15, -0.1) is 0 Å². The molecule has 7 heteroatoms. The smallest absolute Gasteiger partial charge is 0.407 e. The number of rotatable bonds is 7. The van der Waals surface area contributed by atoms with Crippen molar-refractivity contribution in [1.82, 2.24) is 10.3 Å². The first-order chi connectivity index (χ1) is 11.7. The van der Waals surface area contributed by atoms with Gasteiger partial charge in [-0.25, -0.2) is 9.59 Å². The summed E-state index contributed by atoms with van der Waals surface area (Å²) in [5.41, 5.74) is 1.18. The Bertz CT molecular complexity index is 676. The fourth-order valence-corrected chi connectivity index (χ4v) is 1.86. The molecule has 0 saturated heterocycles. The van der Waals surface area contributed by atoms with E-state index >= 15 is 0 Å². The highest BCUT2D eigenvalue weighted by Gasteiger charge is 2.12. The molecule has 0 radical (unpaired) electrons. The number of aromatic nitrogens is 1. The average Bonchev–Trinajstić information content (AvgIpc) is 2.64. The van der Waals surface area contributed by atoms with Crippen LogP contribution in [0.5, 0.6) is 5.75 Å². The van der Waals surface area contributed by atoms with E-state index in [9.17, 15) is 9.59 Å². The molecule has 1 N–H and O–H groups in total. The summed E-state index contributed by atoms with van der Waals surface area (Å²) in [5, 5.41) is 2.56. The lowest BCUT2D eigenvalue weighted by molar-refractivity contribution is 0.0595. The Morgan fingerprint density at radius 3 is 2.71 bits per heavy atom. The topological polar surface area (TPSA) is 86.8 Å². The van der Waals surface area contributed by atoms with Crippen LogP contribution in [0, 0.1) is 0 Å². The van der Waals surface area contributed by atoms with Crippen LogP contribution in [0.1, 0.15) is 15.9 Å². The maximum Gasteiger partial charge on any atom is 0.407 e. The van der Waals surface area contributed by atoms with Gasteiger partial charge in [0.1, 0.15) is 18.8 Å². The third kappa shape index (κ3) is 5.28. The first-order valence-electron chi connectivity index (χ1n) is 7.30. The number of hydrogen-bond donors (Lipinski definition) is 1. The number of carbonyl (C=O) groups excluding carboxylic acids is 2. The number of nitrogens with one attached hydrogen (secondary N) is 1. The van der Waals surface area contributed by atoms with E-state index < -0.39 is 12.1 Å². The maximum absolute atomic E-state index is 11.6. The van der Waals surface area contributed by atoms with E-state index in [2.05, 4.69) is 15.0 Å². The number of alkyl carbamates (subject to hydrolysis) is 1. The molecule has 0 atom stereocenters. The van der Waals surface area contributed by atoms with Crippen LogP contribution in [0.25, 0.3) is 0 Å². The van der Waals surface area contributed by atoms with Gasteiger partial charge >= 0.3 is 12.1 Å². The molecule has 126 valence electrons. The number of carbonyl (C=O) groups is 2. The van der Waals surface area contributed by atoms with Crippen LogP contribution >= 0.6 is 0 Å². The van der Waals surface area contributed by atoms with Crippen molar-refractivity contribution in [2.24, 2.45) is 0 Å². The number of hydrogen-bond acceptors (Lipinski definition) is 6. The van der Waals surface area contributed by atoms with Crippen LogP contribution in [0.2, 0.25) is 0 Å². The summed E-state index contributed by atoms with van der Waals surface area (Å²) in [6, 6.07) is 10.9. The van der Waals surface area contributed by atoms with Gasteiger partial charge in [-0.2, -0.15) is 0 Å². The van der Waals surface area contributed by atoms with Gasteiger partial charge < -0.3 is 19.5 Å². The molecule has 1 aromatic carbocycles. The van der Waals surface area contributed by atoms with E-state index in [4.69, 9.17) is 9.47 Å². The van der Waals surface area contributed by atoms with Crippen molar-refractivity contribution in [2.75, 3.05) is 20.3 Å². The summed E-state index contributed by atoms with van der Waals surface area (Å²) in [7, 11) is 1.29. The number of methoxy groups -OCH3 is 1. The van der Waals surface area contributed by atoms with E-state index in [0.29, 0.717) is 5.75 Å². The van der Waals surface area contributed by atoms with Crippen molar-refractivity contribution in [3.05, 3.63) is 59.9 Å². The Labute approximate surface area is 139 Å². The van der Waals surface area contributed by atoms with Crippen LogP contribution in [0.15, 0.2) is 48.8 Å². The van der Waals surface area contributed by atoms with Gasteiger partial charge in [0.05, 0.1) is 19.9 Å². The second kappa shape index (κ2) is 9.14. The Kier molecular flexibility index (Phi) is 6.58. The maximum atomic E-state index is 11.6. The zero-order valence-corrected chi connectivity index (χ0v) is 13.2. The molecule has 1 aromatic heterocycles. The number of benzene rings is 1. The molecule has 24 heavy (non-hydrogen) atoms. The van der Waals surface area contributed by atoms with Gasteiger partial charge in [-0.05, 0) is 11.6 Å². The van der Waals surface area contributed by atoms with Crippen molar-refractivity contribution in [2.45, 2.75) is 6.61 Å².